The molecule has 1 heterocycles. The Morgan fingerprint density at radius 1 is 1.12 bits per heavy atom. The molecule has 0 N–H and O–H groups in total. The quantitative estimate of drug-likeness (QED) is 0.298. The summed E-state index contributed by atoms with van der Waals surface area (Å²) in [6.45, 7) is 9.49. The van der Waals surface area contributed by atoms with Crippen LogP contribution >= 0.6 is 0 Å². The minimum atomic E-state index is -6.20. The third kappa shape index (κ3) is 8.26. The second-order valence-corrected chi connectivity index (χ2v) is 9.73. The highest BCUT2D eigenvalue weighted by Crippen LogP contribution is 2.33. The zero-order chi connectivity index (χ0) is 25.8. The maximum atomic E-state index is 12.8. The molecule has 1 unspecified atom stereocenters. The van der Waals surface area contributed by atoms with Crippen molar-refractivity contribution in [2.45, 2.75) is 65.1 Å². The third-order valence-corrected chi connectivity index (χ3v) is 4.62. The lowest BCUT2D eigenvalue weighted by Gasteiger charge is -2.26. The Hall–Kier alpha value is -2.77. The predicted octanol–water partition coefficient (Wildman–Crippen LogP) is 3.54. The second kappa shape index (κ2) is 10.4. The molecule has 0 spiro atoms. The van der Waals surface area contributed by atoms with Gasteiger partial charge in [-0.3, -0.25) is 9.36 Å². The molecule has 0 amide bonds. The van der Waals surface area contributed by atoms with Gasteiger partial charge in [0.15, 0.2) is 11.5 Å². The lowest BCUT2D eigenvalue weighted by Crippen LogP contribution is -2.36. The van der Waals surface area contributed by atoms with E-state index in [0.717, 1.165) is 4.57 Å². The van der Waals surface area contributed by atoms with Gasteiger partial charge in [0, 0.05) is 0 Å². The van der Waals surface area contributed by atoms with Gasteiger partial charge in [0.25, 0.3) is 5.56 Å². The molecule has 0 radical (unpaired) electrons. The molecule has 1 rings (SSSR count). The van der Waals surface area contributed by atoms with Crippen LogP contribution in [0, 0.1) is 5.92 Å². The fourth-order valence-electron chi connectivity index (χ4n) is 2.44. The van der Waals surface area contributed by atoms with Crippen LogP contribution in [0.1, 0.15) is 54.0 Å². The zero-order valence-corrected chi connectivity index (χ0v) is 19.7. The molecule has 0 aromatic carbocycles. The number of ether oxygens (including phenoxy) is 3. The number of aromatic nitrogens is 1. The summed E-state index contributed by atoms with van der Waals surface area (Å²) in [7, 11) is -6.20. The average molecular weight is 501 g/mol. The maximum Gasteiger partial charge on any atom is 0.534 e. The monoisotopic (exact) mass is 501 g/mol. The molecule has 0 aliphatic carbocycles. The molecule has 33 heavy (non-hydrogen) atoms. The highest BCUT2D eigenvalue weighted by molar-refractivity contribution is 7.88. The molecule has 0 bridgehead atoms. The topological polar surface area (TPSA) is 127 Å². The van der Waals surface area contributed by atoms with Gasteiger partial charge in [-0.2, -0.15) is 21.6 Å². The number of carbonyl (C=O) groups is 2. The Balaban J connectivity index is 3.65. The maximum absolute atomic E-state index is 12.8. The summed E-state index contributed by atoms with van der Waals surface area (Å²) in [6.07, 6.45) is -0.652. The van der Waals surface area contributed by atoms with Gasteiger partial charge in [0.05, 0.1) is 18.9 Å². The molecule has 1 atom stereocenters. The van der Waals surface area contributed by atoms with Crippen LogP contribution in [0.5, 0.6) is 11.5 Å². The van der Waals surface area contributed by atoms with Crippen molar-refractivity contribution < 1.29 is 49.6 Å². The van der Waals surface area contributed by atoms with Crippen LogP contribution in [0.15, 0.2) is 17.1 Å². The fourth-order valence-corrected chi connectivity index (χ4v) is 2.90. The Morgan fingerprint density at radius 2 is 1.70 bits per heavy atom. The Labute approximate surface area is 188 Å². The summed E-state index contributed by atoms with van der Waals surface area (Å²) in [5.74, 6) is -3.09. The lowest BCUT2D eigenvalue weighted by atomic mass is 10.0. The molecular weight excluding hydrogens is 475 g/mol. The van der Waals surface area contributed by atoms with Crippen LogP contribution in [0.3, 0.4) is 0 Å². The molecule has 0 aliphatic heterocycles. The number of esters is 1. The molecule has 0 fully saturated rings. The zero-order valence-electron chi connectivity index (χ0n) is 18.9. The molecule has 0 aliphatic rings. The van der Waals surface area contributed by atoms with E-state index >= 15 is 0 Å². The fraction of sp³-hybridized carbons (Fsp3) is 0.632. The van der Waals surface area contributed by atoms with E-state index in [2.05, 4.69) is 8.92 Å². The lowest BCUT2D eigenvalue weighted by molar-refractivity contribution is -0.159. The highest BCUT2D eigenvalue weighted by atomic mass is 32.2. The molecule has 1 aromatic heterocycles. The van der Waals surface area contributed by atoms with Crippen molar-refractivity contribution in [3.8, 4) is 11.5 Å². The number of pyridine rings is 1. The van der Waals surface area contributed by atoms with Crippen molar-refractivity contribution in [3.05, 3.63) is 22.6 Å². The van der Waals surface area contributed by atoms with Gasteiger partial charge < -0.3 is 18.4 Å². The van der Waals surface area contributed by atoms with E-state index in [4.69, 9.17) is 9.47 Å². The minimum absolute atomic E-state index is 0.0642. The van der Waals surface area contributed by atoms with Crippen LogP contribution in [0.2, 0.25) is 0 Å². The molecule has 14 heteroatoms. The van der Waals surface area contributed by atoms with E-state index in [1.165, 1.54) is 6.92 Å². The van der Waals surface area contributed by atoms with E-state index in [9.17, 15) is 36.0 Å². The first-order chi connectivity index (χ1) is 14.9. The van der Waals surface area contributed by atoms with E-state index in [0.29, 0.717) is 12.3 Å². The van der Waals surface area contributed by atoms with E-state index in [1.54, 1.807) is 34.6 Å². The summed E-state index contributed by atoms with van der Waals surface area (Å²) in [5, 5.41) is 0. The van der Waals surface area contributed by atoms with Crippen LogP contribution in [0.4, 0.5) is 18.0 Å². The molecule has 0 saturated heterocycles. The standard InChI is InChI=1S/C19H26F3NO9S/c1-7-29-17(26)30-14-10-23(12(8-11(2)3)16(25)31-18(4,5)6)15(24)9-13(14)32-33(27,28)19(20,21)22/h9-12H,7-8H2,1-6H3. The van der Waals surface area contributed by atoms with Crippen molar-refractivity contribution in [1.29, 1.82) is 0 Å². The smallest absolute Gasteiger partial charge is 0.458 e. The first-order valence-corrected chi connectivity index (χ1v) is 11.1. The van der Waals surface area contributed by atoms with Gasteiger partial charge in [-0.1, -0.05) is 13.8 Å². The first kappa shape index (κ1) is 28.3. The van der Waals surface area contributed by atoms with E-state index in [-0.39, 0.29) is 18.9 Å². The molecule has 10 nitrogen and oxygen atoms in total. The Morgan fingerprint density at radius 3 is 2.15 bits per heavy atom. The van der Waals surface area contributed by atoms with Gasteiger partial charge in [0.1, 0.15) is 11.6 Å². The normalized spacial score (nSPS) is 13.4. The molecular formula is C19H26F3NO9S. The summed E-state index contributed by atoms with van der Waals surface area (Å²) in [4.78, 5) is 37.1. The predicted molar refractivity (Wildman–Crippen MR) is 108 cm³/mol. The Bertz CT molecular complexity index is 1020. The van der Waals surface area contributed by atoms with Crippen molar-refractivity contribution in [1.82, 2.24) is 4.57 Å². The number of hydrogen-bond donors (Lipinski definition) is 0. The number of nitrogens with zero attached hydrogens (tertiary/aromatic N) is 1. The van der Waals surface area contributed by atoms with E-state index < -0.39 is 56.5 Å². The summed E-state index contributed by atoms with van der Waals surface area (Å²) >= 11 is 0. The summed E-state index contributed by atoms with van der Waals surface area (Å²) in [6, 6.07) is -0.912. The summed E-state index contributed by atoms with van der Waals surface area (Å²) < 4.78 is 80.5. The third-order valence-electron chi connectivity index (χ3n) is 3.66. The minimum Gasteiger partial charge on any atom is -0.458 e. The largest absolute Gasteiger partial charge is 0.534 e. The van der Waals surface area contributed by atoms with Gasteiger partial charge in [-0.05, 0) is 40.0 Å². The SMILES string of the molecule is CCOC(=O)Oc1cn(C(CC(C)C)C(=O)OC(C)(C)C)c(=O)cc1OS(=O)(=O)C(F)(F)F. The molecule has 1 aromatic rings. The number of halogens is 3. The van der Waals surface area contributed by atoms with Gasteiger partial charge >= 0.3 is 27.8 Å². The molecule has 0 saturated carbocycles. The van der Waals surface area contributed by atoms with Crippen LogP contribution in [-0.4, -0.2) is 42.8 Å². The first-order valence-electron chi connectivity index (χ1n) is 9.72. The average Bonchev–Trinajstić information content (AvgIpc) is 2.59. The highest BCUT2D eigenvalue weighted by Gasteiger charge is 2.49. The van der Waals surface area contributed by atoms with Crippen molar-refractivity contribution in [2.75, 3.05) is 6.61 Å². The molecule has 188 valence electrons. The van der Waals surface area contributed by atoms with Crippen molar-refractivity contribution in [3.63, 3.8) is 0 Å². The van der Waals surface area contributed by atoms with Crippen molar-refractivity contribution in [2.24, 2.45) is 5.92 Å². The number of hydrogen-bond acceptors (Lipinski definition) is 9. The Kier molecular flexibility index (Phi) is 8.94. The van der Waals surface area contributed by atoms with Crippen LogP contribution in [0.25, 0.3) is 0 Å². The number of alkyl halides is 3. The van der Waals surface area contributed by atoms with E-state index in [1.807, 2.05) is 0 Å². The second-order valence-electron chi connectivity index (χ2n) is 8.19. The number of rotatable bonds is 8. The van der Waals surface area contributed by atoms with Crippen LogP contribution < -0.4 is 14.5 Å². The van der Waals surface area contributed by atoms with Gasteiger partial charge in [-0.15, -0.1) is 0 Å². The number of carbonyl (C=O) groups excluding carboxylic acids is 2. The van der Waals surface area contributed by atoms with Gasteiger partial charge in [-0.25, -0.2) is 9.59 Å². The van der Waals surface area contributed by atoms with Crippen LogP contribution in [-0.2, 0) is 24.4 Å². The van der Waals surface area contributed by atoms with Gasteiger partial charge in [0.2, 0.25) is 0 Å². The summed E-state index contributed by atoms with van der Waals surface area (Å²) in [5.41, 5.74) is -7.85. The van der Waals surface area contributed by atoms with Crippen molar-refractivity contribution >= 4 is 22.2 Å².